The number of rotatable bonds is 6. The lowest BCUT2D eigenvalue weighted by Crippen LogP contribution is -2.49. The fourth-order valence-corrected chi connectivity index (χ4v) is 3.90. The van der Waals surface area contributed by atoms with Crippen LogP contribution >= 0.6 is 0 Å². The van der Waals surface area contributed by atoms with Gasteiger partial charge in [0.05, 0.1) is 11.5 Å². The summed E-state index contributed by atoms with van der Waals surface area (Å²) in [5.74, 6) is 0. The van der Waals surface area contributed by atoms with Gasteiger partial charge in [0.2, 0.25) is 10.0 Å². The lowest BCUT2D eigenvalue weighted by Gasteiger charge is -2.33. The van der Waals surface area contributed by atoms with Crippen LogP contribution in [0.5, 0.6) is 0 Å². The number of aliphatic hydroxyl groups excluding tert-OH is 1. The molecule has 1 aromatic carbocycles. The van der Waals surface area contributed by atoms with Crippen molar-refractivity contribution in [3.63, 3.8) is 0 Å². The predicted molar refractivity (Wildman–Crippen MR) is 81.5 cm³/mol. The van der Waals surface area contributed by atoms with E-state index in [-0.39, 0.29) is 6.61 Å². The first-order valence-corrected chi connectivity index (χ1v) is 8.64. The molecule has 1 aromatic rings. The van der Waals surface area contributed by atoms with E-state index in [2.05, 4.69) is 4.90 Å². The largest absolute Gasteiger partial charge is 0.395 e. The van der Waals surface area contributed by atoms with Gasteiger partial charge in [-0.1, -0.05) is 12.1 Å². The molecule has 2 rings (SSSR count). The van der Waals surface area contributed by atoms with E-state index >= 15 is 0 Å². The number of sulfonamides is 1. The second kappa shape index (κ2) is 7.33. The normalized spacial score (nSPS) is 18.0. The van der Waals surface area contributed by atoms with Crippen molar-refractivity contribution in [3.05, 3.63) is 29.8 Å². The molecule has 7 heteroatoms. The summed E-state index contributed by atoms with van der Waals surface area (Å²) in [6, 6.07) is 6.95. The van der Waals surface area contributed by atoms with Crippen LogP contribution in [0.15, 0.2) is 29.2 Å². The van der Waals surface area contributed by atoms with Gasteiger partial charge in [-0.25, -0.2) is 8.42 Å². The molecular formula is C14H23N3O3S. The SMILES string of the molecule is NCCc1ccc(S(=O)(=O)N2CCN(CCO)CC2)cc1. The Kier molecular flexibility index (Phi) is 5.72. The Balaban J connectivity index is 2.04. The number of β-amino-alcohol motifs (C(OH)–C–C–N with tert-alkyl or cyclic N) is 1. The Labute approximate surface area is 126 Å². The fourth-order valence-electron chi connectivity index (χ4n) is 2.48. The van der Waals surface area contributed by atoms with Crippen LogP contribution in [-0.2, 0) is 16.4 Å². The third-order valence-electron chi connectivity index (χ3n) is 3.74. The second-order valence-electron chi connectivity index (χ2n) is 5.15. The zero-order valence-electron chi connectivity index (χ0n) is 12.1. The summed E-state index contributed by atoms with van der Waals surface area (Å²) in [5.41, 5.74) is 6.54. The Hall–Kier alpha value is -0.990. The number of benzene rings is 1. The molecule has 0 radical (unpaired) electrons. The fraction of sp³-hybridized carbons (Fsp3) is 0.571. The number of nitrogens with two attached hydrogens (primary N) is 1. The molecule has 21 heavy (non-hydrogen) atoms. The third-order valence-corrected chi connectivity index (χ3v) is 5.65. The molecule has 0 unspecified atom stereocenters. The molecule has 1 aliphatic heterocycles. The molecule has 3 N–H and O–H groups in total. The first-order chi connectivity index (χ1) is 10.1. The van der Waals surface area contributed by atoms with E-state index in [0.29, 0.717) is 44.2 Å². The lowest BCUT2D eigenvalue weighted by molar-refractivity contribution is 0.151. The minimum Gasteiger partial charge on any atom is -0.395 e. The average Bonchev–Trinajstić information content (AvgIpc) is 2.49. The van der Waals surface area contributed by atoms with E-state index in [1.807, 2.05) is 12.1 Å². The zero-order chi connectivity index (χ0) is 15.3. The van der Waals surface area contributed by atoms with E-state index in [1.165, 1.54) is 4.31 Å². The van der Waals surface area contributed by atoms with E-state index in [9.17, 15) is 8.42 Å². The Morgan fingerprint density at radius 2 is 1.71 bits per heavy atom. The van der Waals surface area contributed by atoms with Crippen molar-refractivity contribution in [3.8, 4) is 0 Å². The van der Waals surface area contributed by atoms with Crippen molar-refractivity contribution in [1.82, 2.24) is 9.21 Å². The van der Waals surface area contributed by atoms with Gasteiger partial charge >= 0.3 is 0 Å². The molecule has 0 amide bonds. The van der Waals surface area contributed by atoms with Crippen LogP contribution in [0.2, 0.25) is 0 Å². The monoisotopic (exact) mass is 313 g/mol. The molecule has 1 saturated heterocycles. The average molecular weight is 313 g/mol. The molecule has 118 valence electrons. The van der Waals surface area contributed by atoms with Gasteiger partial charge in [0.15, 0.2) is 0 Å². The number of nitrogens with zero attached hydrogens (tertiary/aromatic N) is 2. The van der Waals surface area contributed by atoms with Gasteiger partial charge in [0.25, 0.3) is 0 Å². The maximum Gasteiger partial charge on any atom is 0.243 e. The minimum absolute atomic E-state index is 0.107. The smallest absolute Gasteiger partial charge is 0.243 e. The highest BCUT2D eigenvalue weighted by molar-refractivity contribution is 7.89. The van der Waals surface area contributed by atoms with Gasteiger partial charge in [-0.15, -0.1) is 0 Å². The summed E-state index contributed by atoms with van der Waals surface area (Å²) in [5, 5.41) is 8.91. The van der Waals surface area contributed by atoms with Gasteiger partial charge < -0.3 is 10.8 Å². The molecule has 1 heterocycles. The van der Waals surface area contributed by atoms with Gasteiger partial charge in [-0.05, 0) is 30.7 Å². The highest BCUT2D eigenvalue weighted by atomic mass is 32.2. The van der Waals surface area contributed by atoms with Gasteiger partial charge in [0, 0.05) is 32.7 Å². The molecule has 0 aliphatic carbocycles. The number of piperazine rings is 1. The highest BCUT2D eigenvalue weighted by Crippen LogP contribution is 2.18. The van der Waals surface area contributed by atoms with Gasteiger partial charge in [-0.2, -0.15) is 4.31 Å². The summed E-state index contributed by atoms with van der Waals surface area (Å²) in [4.78, 5) is 2.40. The maximum absolute atomic E-state index is 12.6. The molecule has 6 nitrogen and oxygen atoms in total. The van der Waals surface area contributed by atoms with Gasteiger partial charge in [-0.3, -0.25) is 4.90 Å². The summed E-state index contributed by atoms with van der Waals surface area (Å²) in [6.07, 6.45) is 0.750. The number of hydrogen-bond acceptors (Lipinski definition) is 5. The van der Waals surface area contributed by atoms with E-state index in [4.69, 9.17) is 10.8 Å². The van der Waals surface area contributed by atoms with Crippen molar-refractivity contribution < 1.29 is 13.5 Å². The first-order valence-electron chi connectivity index (χ1n) is 7.20. The molecule has 1 aliphatic rings. The Bertz CT molecular complexity index is 537. The maximum atomic E-state index is 12.6. The molecule has 0 spiro atoms. The molecule has 1 fully saturated rings. The highest BCUT2D eigenvalue weighted by Gasteiger charge is 2.28. The van der Waals surface area contributed by atoms with Crippen LogP contribution in [0.1, 0.15) is 5.56 Å². The molecule has 0 saturated carbocycles. The Morgan fingerprint density at radius 3 is 2.24 bits per heavy atom. The first kappa shape index (κ1) is 16.4. The van der Waals surface area contributed by atoms with Crippen LogP contribution < -0.4 is 5.73 Å². The van der Waals surface area contributed by atoms with Crippen LogP contribution in [0.4, 0.5) is 0 Å². The third kappa shape index (κ3) is 4.02. The predicted octanol–water partition coefficient (Wildman–Crippen LogP) is -0.514. The molecule has 0 bridgehead atoms. The van der Waals surface area contributed by atoms with Crippen LogP contribution in [0, 0.1) is 0 Å². The number of aliphatic hydroxyl groups is 1. The molecular weight excluding hydrogens is 290 g/mol. The molecule has 0 aromatic heterocycles. The summed E-state index contributed by atoms with van der Waals surface area (Å²) in [6.45, 7) is 3.51. The standard InChI is InChI=1S/C14H23N3O3S/c15-6-5-13-1-3-14(4-2-13)21(19,20)17-9-7-16(8-10-17)11-12-18/h1-4,18H,5-12,15H2. The van der Waals surface area contributed by atoms with Crippen molar-refractivity contribution in [1.29, 1.82) is 0 Å². The van der Waals surface area contributed by atoms with Crippen LogP contribution in [0.3, 0.4) is 0 Å². The van der Waals surface area contributed by atoms with E-state index < -0.39 is 10.0 Å². The molecule has 0 atom stereocenters. The van der Waals surface area contributed by atoms with Crippen LogP contribution in [-0.4, -0.2) is 68.6 Å². The summed E-state index contributed by atoms with van der Waals surface area (Å²) >= 11 is 0. The second-order valence-corrected chi connectivity index (χ2v) is 7.09. The van der Waals surface area contributed by atoms with Crippen molar-refractivity contribution in [2.75, 3.05) is 45.9 Å². The van der Waals surface area contributed by atoms with E-state index in [1.54, 1.807) is 12.1 Å². The summed E-state index contributed by atoms with van der Waals surface area (Å²) in [7, 11) is -3.42. The summed E-state index contributed by atoms with van der Waals surface area (Å²) < 4.78 is 26.6. The lowest BCUT2D eigenvalue weighted by atomic mass is 10.2. The van der Waals surface area contributed by atoms with E-state index in [0.717, 1.165) is 12.0 Å². The van der Waals surface area contributed by atoms with Crippen molar-refractivity contribution in [2.24, 2.45) is 5.73 Å². The minimum atomic E-state index is -3.42. The zero-order valence-corrected chi connectivity index (χ0v) is 12.9. The van der Waals surface area contributed by atoms with Gasteiger partial charge in [0.1, 0.15) is 0 Å². The number of hydrogen-bond donors (Lipinski definition) is 2. The van der Waals surface area contributed by atoms with Crippen molar-refractivity contribution in [2.45, 2.75) is 11.3 Å². The Morgan fingerprint density at radius 1 is 1.10 bits per heavy atom. The topological polar surface area (TPSA) is 86.9 Å². The van der Waals surface area contributed by atoms with Crippen LogP contribution in [0.25, 0.3) is 0 Å². The quantitative estimate of drug-likeness (QED) is 0.738. The van der Waals surface area contributed by atoms with Crippen molar-refractivity contribution >= 4 is 10.0 Å².